The number of aryl methyl sites for hydroxylation is 2. The first kappa shape index (κ1) is 23.0. The lowest BCUT2D eigenvalue weighted by molar-refractivity contribution is 0.0927. The lowest BCUT2D eigenvalue weighted by atomic mass is 9.93. The largest absolute Gasteiger partial charge is 0.349 e. The Balaban J connectivity index is 1.46. The number of hydrogen-bond acceptors (Lipinski definition) is 3. The number of aliphatic imine (C=N–C) groups is 1. The lowest BCUT2D eigenvalue weighted by Gasteiger charge is -2.23. The van der Waals surface area contributed by atoms with Crippen LogP contribution in [0, 0.1) is 19.7 Å². The van der Waals surface area contributed by atoms with Crippen molar-refractivity contribution in [3.63, 3.8) is 0 Å². The highest BCUT2D eigenvalue weighted by Crippen LogP contribution is 2.40. The molecule has 0 aliphatic heterocycles. The number of benzene rings is 1. The van der Waals surface area contributed by atoms with Gasteiger partial charge < -0.3 is 9.88 Å². The molecule has 0 saturated heterocycles. The molecule has 1 fully saturated rings. The summed E-state index contributed by atoms with van der Waals surface area (Å²) in [6, 6.07) is 8.92. The first-order chi connectivity index (χ1) is 16.5. The van der Waals surface area contributed by atoms with Crippen molar-refractivity contribution >= 4 is 28.5 Å². The Morgan fingerprint density at radius 2 is 1.82 bits per heavy atom. The van der Waals surface area contributed by atoms with Gasteiger partial charge in [0.1, 0.15) is 10.8 Å². The molecule has 1 saturated carbocycles. The molecule has 0 bridgehead atoms. The normalized spacial score (nSPS) is 16.7. The van der Waals surface area contributed by atoms with Gasteiger partial charge in [0.2, 0.25) is 0 Å². The number of nitrogens with one attached hydrogen (secondary N) is 1. The van der Waals surface area contributed by atoms with Crippen molar-refractivity contribution in [2.45, 2.75) is 77.7 Å². The maximum atomic E-state index is 13.4. The van der Waals surface area contributed by atoms with Crippen LogP contribution in [-0.2, 0) is 12.8 Å². The fourth-order valence-electron chi connectivity index (χ4n) is 5.42. The van der Waals surface area contributed by atoms with Crippen LogP contribution in [0.1, 0.15) is 82.7 Å². The second-order valence-corrected chi connectivity index (χ2v) is 10.7. The van der Waals surface area contributed by atoms with Gasteiger partial charge in [0.15, 0.2) is 0 Å². The van der Waals surface area contributed by atoms with Crippen molar-refractivity contribution in [2.75, 3.05) is 0 Å². The quantitative estimate of drug-likeness (QED) is 0.396. The zero-order valence-corrected chi connectivity index (χ0v) is 20.8. The van der Waals surface area contributed by atoms with E-state index in [-0.39, 0.29) is 17.8 Å². The molecule has 4 nitrogen and oxygen atoms in total. The first-order valence-corrected chi connectivity index (χ1v) is 13.3. The molecule has 5 rings (SSSR count). The molecule has 0 spiro atoms. The molecule has 0 atom stereocenters. The van der Waals surface area contributed by atoms with Crippen molar-refractivity contribution in [1.29, 1.82) is 0 Å². The molecular formula is C28H32FN3OS. The topological polar surface area (TPSA) is 46.4 Å². The fourth-order valence-corrected chi connectivity index (χ4v) is 6.65. The van der Waals surface area contributed by atoms with Crippen molar-refractivity contribution < 1.29 is 9.18 Å². The summed E-state index contributed by atoms with van der Waals surface area (Å²) in [7, 11) is 0. The van der Waals surface area contributed by atoms with Crippen molar-refractivity contribution in [1.82, 2.24) is 9.88 Å². The summed E-state index contributed by atoms with van der Waals surface area (Å²) in [6.07, 6.45) is 12.0. The second-order valence-electron chi connectivity index (χ2n) is 9.60. The first-order valence-electron chi connectivity index (χ1n) is 12.5. The Kier molecular flexibility index (Phi) is 6.68. The number of carbonyl (C=O) groups is 1. The molecule has 3 aromatic rings. The summed E-state index contributed by atoms with van der Waals surface area (Å²) in [5.41, 5.74) is 6.05. The van der Waals surface area contributed by atoms with Gasteiger partial charge in [-0.15, -0.1) is 11.3 Å². The molecule has 2 aliphatic carbocycles. The van der Waals surface area contributed by atoms with Gasteiger partial charge in [-0.05, 0) is 88.3 Å². The third-order valence-corrected chi connectivity index (χ3v) is 8.40. The van der Waals surface area contributed by atoms with E-state index in [1.165, 1.54) is 48.3 Å². The summed E-state index contributed by atoms with van der Waals surface area (Å²) in [5.74, 6) is -0.191. The van der Waals surface area contributed by atoms with Gasteiger partial charge in [-0.1, -0.05) is 19.3 Å². The smallest absolute Gasteiger partial charge is 0.254 e. The summed E-state index contributed by atoms with van der Waals surface area (Å²) >= 11 is 1.68. The standard InChI is InChI=1S/C28H32FN3OS/c1-18-16-20(19(2)32(18)23-14-12-21(29)13-15-23)17-30-28-26(24-10-6-7-11-25(24)34-28)27(33)31-22-8-4-3-5-9-22/h12-17,22H,3-11H2,1-2H3,(H,31,33)/b30-17+. The third-order valence-electron chi connectivity index (χ3n) is 7.20. The number of hydrogen-bond donors (Lipinski definition) is 1. The van der Waals surface area contributed by atoms with Crippen LogP contribution in [0.15, 0.2) is 35.3 Å². The Hall–Kier alpha value is -2.73. The van der Waals surface area contributed by atoms with E-state index in [9.17, 15) is 9.18 Å². The maximum Gasteiger partial charge on any atom is 0.254 e. The van der Waals surface area contributed by atoms with Gasteiger partial charge in [-0.25, -0.2) is 9.38 Å². The van der Waals surface area contributed by atoms with Crippen LogP contribution >= 0.6 is 11.3 Å². The number of thiophene rings is 1. The van der Waals surface area contributed by atoms with Crippen LogP contribution in [0.4, 0.5) is 9.39 Å². The molecule has 178 valence electrons. The second kappa shape index (κ2) is 9.87. The number of fused-ring (bicyclic) bond motifs is 1. The van der Waals surface area contributed by atoms with Crippen LogP contribution in [0.2, 0.25) is 0 Å². The fraction of sp³-hybridized carbons (Fsp3) is 0.429. The Morgan fingerprint density at radius 1 is 1.09 bits per heavy atom. The predicted octanol–water partition coefficient (Wildman–Crippen LogP) is 6.99. The molecule has 1 aromatic carbocycles. The van der Waals surface area contributed by atoms with E-state index in [0.29, 0.717) is 0 Å². The van der Waals surface area contributed by atoms with Crippen LogP contribution in [0.3, 0.4) is 0 Å². The van der Waals surface area contributed by atoms with Crippen molar-refractivity contribution in [2.24, 2.45) is 4.99 Å². The molecule has 34 heavy (non-hydrogen) atoms. The number of nitrogens with zero attached hydrogens (tertiary/aromatic N) is 2. The van der Waals surface area contributed by atoms with Crippen LogP contribution < -0.4 is 5.32 Å². The number of aromatic nitrogens is 1. The molecule has 0 unspecified atom stereocenters. The summed E-state index contributed by atoms with van der Waals surface area (Å²) in [6.45, 7) is 4.09. The monoisotopic (exact) mass is 477 g/mol. The van der Waals surface area contributed by atoms with E-state index < -0.39 is 0 Å². The third kappa shape index (κ3) is 4.61. The molecule has 2 aliphatic rings. The van der Waals surface area contributed by atoms with Crippen molar-refractivity contribution in [3.8, 4) is 5.69 Å². The predicted molar refractivity (Wildman–Crippen MR) is 138 cm³/mol. The van der Waals surface area contributed by atoms with E-state index in [2.05, 4.69) is 16.0 Å². The average molecular weight is 478 g/mol. The van der Waals surface area contributed by atoms with Crippen molar-refractivity contribution in [3.05, 3.63) is 69.1 Å². The minimum absolute atomic E-state index is 0.0511. The van der Waals surface area contributed by atoms with Gasteiger partial charge in [-0.2, -0.15) is 0 Å². The van der Waals surface area contributed by atoms with Crippen LogP contribution in [0.25, 0.3) is 5.69 Å². The van der Waals surface area contributed by atoms with Gasteiger partial charge in [0, 0.05) is 39.8 Å². The summed E-state index contributed by atoms with van der Waals surface area (Å²) in [5, 5.41) is 4.15. The zero-order valence-electron chi connectivity index (χ0n) is 20.0. The van der Waals surface area contributed by atoms with E-state index in [1.54, 1.807) is 23.5 Å². The number of halogens is 1. The Bertz CT molecular complexity index is 1220. The maximum absolute atomic E-state index is 13.4. The van der Waals surface area contributed by atoms with E-state index in [4.69, 9.17) is 4.99 Å². The van der Waals surface area contributed by atoms with Crippen LogP contribution in [-0.4, -0.2) is 22.7 Å². The van der Waals surface area contributed by atoms with E-state index >= 15 is 0 Å². The molecule has 6 heteroatoms. The minimum atomic E-state index is -0.242. The van der Waals surface area contributed by atoms with Crippen LogP contribution in [0.5, 0.6) is 0 Å². The SMILES string of the molecule is Cc1cc(/C=N/c2sc3c(c2C(=O)NC2CCCCC2)CCCC3)c(C)n1-c1ccc(F)cc1. The molecule has 1 amide bonds. The van der Waals surface area contributed by atoms with E-state index in [0.717, 1.165) is 65.3 Å². The summed E-state index contributed by atoms with van der Waals surface area (Å²) < 4.78 is 15.5. The van der Waals surface area contributed by atoms with Gasteiger partial charge in [0.05, 0.1) is 5.56 Å². The highest BCUT2D eigenvalue weighted by molar-refractivity contribution is 7.16. The van der Waals surface area contributed by atoms with Gasteiger partial charge in [0.25, 0.3) is 5.91 Å². The Morgan fingerprint density at radius 3 is 2.59 bits per heavy atom. The van der Waals surface area contributed by atoms with Gasteiger partial charge in [-0.3, -0.25) is 4.79 Å². The highest BCUT2D eigenvalue weighted by atomic mass is 32.1. The molecule has 2 heterocycles. The Labute approximate surface area is 204 Å². The minimum Gasteiger partial charge on any atom is -0.349 e. The average Bonchev–Trinajstić information content (AvgIpc) is 3.35. The van der Waals surface area contributed by atoms with Gasteiger partial charge >= 0.3 is 0 Å². The number of amides is 1. The lowest BCUT2D eigenvalue weighted by Crippen LogP contribution is -2.36. The number of carbonyl (C=O) groups excluding carboxylic acids is 1. The highest BCUT2D eigenvalue weighted by Gasteiger charge is 2.27. The molecule has 1 N–H and O–H groups in total. The van der Waals surface area contributed by atoms with E-state index in [1.807, 2.05) is 20.1 Å². The molecule has 2 aromatic heterocycles. The molecule has 0 radical (unpaired) electrons. The summed E-state index contributed by atoms with van der Waals surface area (Å²) in [4.78, 5) is 19.6. The number of rotatable bonds is 5. The molecular weight excluding hydrogens is 445 g/mol. The zero-order chi connectivity index (χ0) is 23.7.